The van der Waals surface area contributed by atoms with Gasteiger partial charge >= 0.3 is 5.97 Å². The highest BCUT2D eigenvalue weighted by atomic mass is 35.5. The Morgan fingerprint density at radius 3 is 2.47 bits per heavy atom. The maximum Gasteiger partial charge on any atom is 0.316 e. The number of aromatic nitrogens is 1. The molecule has 0 atom stereocenters. The molecule has 4 nitrogen and oxygen atoms in total. The molecule has 0 unspecified atom stereocenters. The van der Waals surface area contributed by atoms with E-state index in [9.17, 15) is 9.59 Å². The molecule has 1 heterocycles. The van der Waals surface area contributed by atoms with Gasteiger partial charge in [-0.3, -0.25) is 9.59 Å². The van der Waals surface area contributed by atoms with Crippen LogP contribution in [0, 0.1) is 0 Å². The van der Waals surface area contributed by atoms with Gasteiger partial charge in [0.25, 0.3) is 0 Å². The number of fused-ring (bicyclic) bond motifs is 1. The van der Waals surface area contributed by atoms with E-state index in [1.165, 1.54) is 23.1 Å². The number of benzene rings is 3. The number of hydrogen-bond donors (Lipinski definition) is 0. The number of halogens is 1. The number of thioether (sulfide) groups is 1. The van der Waals surface area contributed by atoms with Crippen LogP contribution in [-0.4, -0.2) is 29.1 Å². The fraction of sp³-hybridized carbons (Fsp3) is 0.0870. The number of esters is 1. The van der Waals surface area contributed by atoms with Crippen molar-refractivity contribution in [2.45, 2.75) is 4.34 Å². The lowest BCUT2D eigenvalue weighted by atomic mass is 10.0. The van der Waals surface area contributed by atoms with Crippen LogP contribution >= 0.6 is 34.7 Å². The molecular formula is C23H16ClNO3S2. The van der Waals surface area contributed by atoms with E-state index in [1.54, 1.807) is 18.2 Å². The SMILES string of the molecule is O=C(CSc1nc2cc(Cl)ccc2s1)OCC(=O)c1ccc(-c2ccccc2)cc1. The first-order valence-corrected chi connectivity index (χ1v) is 11.3. The molecule has 0 radical (unpaired) electrons. The number of rotatable bonds is 7. The molecular weight excluding hydrogens is 438 g/mol. The number of nitrogens with zero attached hydrogens (tertiary/aromatic N) is 1. The number of ketones is 1. The summed E-state index contributed by atoms with van der Waals surface area (Å²) in [7, 11) is 0. The van der Waals surface area contributed by atoms with Gasteiger partial charge in [-0.15, -0.1) is 11.3 Å². The quantitative estimate of drug-likeness (QED) is 0.191. The molecule has 0 bridgehead atoms. The van der Waals surface area contributed by atoms with Crippen LogP contribution in [0.15, 0.2) is 77.1 Å². The standard InChI is InChI=1S/C23H16ClNO3S2/c24-18-10-11-21-19(12-18)25-23(30-21)29-14-22(27)28-13-20(26)17-8-6-16(7-9-17)15-4-2-1-3-5-15/h1-12H,13-14H2. The second kappa shape index (κ2) is 9.43. The zero-order valence-corrected chi connectivity index (χ0v) is 18.1. The van der Waals surface area contributed by atoms with Crippen LogP contribution in [0.4, 0.5) is 0 Å². The lowest BCUT2D eigenvalue weighted by Gasteiger charge is -2.05. The van der Waals surface area contributed by atoms with Crippen molar-refractivity contribution in [2.75, 3.05) is 12.4 Å². The molecule has 0 saturated heterocycles. The van der Waals surface area contributed by atoms with E-state index in [0.29, 0.717) is 10.6 Å². The molecule has 0 aliphatic carbocycles. The van der Waals surface area contributed by atoms with E-state index in [-0.39, 0.29) is 18.1 Å². The lowest BCUT2D eigenvalue weighted by molar-refractivity contribution is -0.139. The summed E-state index contributed by atoms with van der Waals surface area (Å²) in [6.07, 6.45) is 0. The van der Waals surface area contributed by atoms with Crippen LogP contribution < -0.4 is 0 Å². The number of Topliss-reactive ketones (excluding diaryl/α,β-unsaturated/α-hetero) is 1. The maximum atomic E-state index is 12.3. The fourth-order valence-corrected chi connectivity index (χ4v) is 4.83. The van der Waals surface area contributed by atoms with Gasteiger partial charge in [-0.05, 0) is 29.3 Å². The summed E-state index contributed by atoms with van der Waals surface area (Å²) in [4.78, 5) is 28.8. The zero-order valence-electron chi connectivity index (χ0n) is 15.7. The van der Waals surface area contributed by atoms with Crippen molar-refractivity contribution in [3.05, 3.63) is 83.4 Å². The molecule has 7 heteroatoms. The molecule has 150 valence electrons. The predicted octanol–water partition coefficient (Wildman–Crippen LogP) is 6.13. The number of ether oxygens (including phenoxy) is 1. The second-order valence-electron chi connectivity index (χ2n) is 6.41. The zero-order chi connectivity index (χ0) is 20.9. The summed E-state index contributed by atoms with van der Waals surface area (Å²) < 4.78 is 6.90. The van der Waals surface area contributed by atoms with Crippen molar-refractivity contribution in [3.63, 3.8) is 0 Å². The van der Waals surface area contributed by atoms with E-state index >= 15 is 0 Å². The normalized spacial score (nSPS) is 10.8. The van der Waals surface area contributed by atoms with Gasteiger partial charge in [-0.1, -0.05) is 78.0 Å². The van der Waals surface area contributed by atoms with Crippen molar-refractivity contribution in [1.29, 1.82) is 0 Å². The number of carbonyl (C=O) groups is 2. The van der Waals surface area contributed by atoms with Crippen LogP contribution in [0.3, 0.4) is 0 Å². The van der Waals surface area contributed by atoms with Gasteiger partial charge in [0.05, 0.1) is 16.0 Å². The molecule has 0 saturated carbocycles. The Balaban J connectivity index is 1.28. The molecule has 30 heavy (non-hydrogen) atoms. The highest BCUT2D eigenvalue weighted by Gasteiger charge is 2.12. The maximum absolute atomic E-state index is 12.3. The van der Waals surface area contributed by atoms with Crippen LogP contribution in [0.1, 0.15) is 10.4 Å². The van der Waals surface area contributed by atoms with E-state index in [0.717, 1.165) is 25.7 Å². The number of carbonyl (C=O) groups excluding carboxylic acids is 2. The first-order chi connectivity index (χ1) is 14.6. The van der Waals surface area contributed by atoms with Gasteiger partial charge < -0.3 is 4.74 Å². The summed E-state index contributed by atoms with van der Waals surface area (Å²) >= 11 is 8.74. The third kappa shape index (κ3) is 5.08. The highest BCUT2D eigenvalue weighted by molar-refractivity contribution is 8.01. The van der Waals surface area contributed by atoms with Crippen LogP contribution in [0.5, 0.6) is 0 Å². The molecule has 3 aromatic carbocycles. The molecule has 0 spiro atoms. The van der Waals surface area contributed by atoms with Gasteiger partial charge in [0.15, 0.2) is 16.7 Å². The summed E-state index contributed by atoms with van der Waals surface area (Å²) in [6, 6.07) is 22.7. The van der Waals surface area contributed by atoms with Crippen LogP contribution in [0.2, 0.25) is 5.02 Å². The van der Waals surface area contributed by atoms with Crippen molar-refractivity contribution < 1.29 is 14.3 Å². The Morgan fingerprint density at radius 2 is 1.70 bits per heavy atom. The smallest absolute Gasteiger partial charge is 0.316 e. The van der Waals surface area contributed by atoms with Crippen molar-refractivity contribution >= 4 is 56.7 Å². The van der Waals surface area contributed by atoms with Gasteiger partial charge in [0.1, 0.15) is 0 Å². The minimum absolute atomic E-state index is 0.0911. The number of hydrogen-bond acceptors (Lipinski definition) is 6. The van der Waals surface area contributed by atoms with E-state index in [4.69, 9.17) is 16.3 Å². The van der Waals surface area contributed by atoms with E-state index in [1.807, 2.05) is 54.6 Å². The van der Waals surface area contributed by atoms with Crippen molar-refractivity contribution in [2.24, 2.45) is 0 Å². The Kier molecular flexibility index (Phi) is 6.47. The summed E-state index contributed by atoms with van der Waals surface area (Å²) in [5, 5.41) is 0.624. The van der Waals surface area contributed by atoms with Gasteiger partial charge in [0, 0.05) is 10.6 Å². The predicted molar refractivity (Wildman–Crippen MR) is 123 cm³/mol. The summed E-state index contributed by atoms with van der Waals surface area (Å²) in [5.74, 6) is -0.595. The molecule has 0 aliphatic rings. The first-order valence-electron chi connectivity index (χ1n) is 9.12. The Bertz CT molecular complexity index is 1190. The Morgan fingerprint density at radius 1 is 0.967 bits per heavy atom. The Hall–Kier alpha value is -2.67. The van der Waals surface area contributed by atoms with Gasteiger partial charge in [-0.25, -0.2) is 4.98 Å². The third-order valence-corrected chi connectivity index (χ3v) is 6.71. The summed E-state index contributed by atoms with van der Waals surface area (Å²) in [6.45, 7) is -0.278. The average molecular weight is 454 g/mol. The van der Waals surface area contributed by atoms with Gasteiger partial charge in [-0.2, -0.15) is 0 Å². The van der Waals surface area contributed by atoms with Crippen LogP contribution in [0.25, 0.3) is 21.3 Å². The fourth-order valence-electron chi connectivity index (χ4n) is 2.81. The minimum atomic E-state index is -0.452. The number of thiazole rings is 1. The van der Waals surface area contributed by atoms with Crippen molar-refractivity contribution in [1.82, 2.24) is 4.98 Å². The average Bonchev–Trinajstić information content (AvgIpc) is 3.19. The van der Waals surface area contributed by atoms with Crippen LogP contribution in [-0.2, 0) is 9.53 Å². The monoisotopic (exact) mass is 453 g/mol. The molecule has 0 fully saturated rings. The van der Waals surface area contributed by atoms with E-state index in [2.05, 4.69) is 4.98 Å². The Labute approximate surface area is 186 Å². The molecule has 4 rings (SSSR count). The second-order valence-corrected chi connectivity index (χ2v) is 9.10. The minimum Gasteiger partial charge on any atom is -0.457 e. The molecule has 1 aromatic heterocycles. The topological polar surface area (TPSA) is 56.3 Å². The largest absolute Gasteiger partial charge is 0.457 e. The molecule has 0 amide bonds. The van der Waals surface area contributed by atoms with Gasteiger partial charge in [0.2, 0.25) is 0 Å². The molecule has 0 N–H and O–H groups in total. The first kappa shape index (κ1) is 20.6. The highest BCUT2D eigenvalue weighted by Crippen LogP contribution is 2.31. The lowest BCUT2D eigenvalue weighted by Crippen LogP contribution is -2.15. The van der Waals surface area contributed by atoms with E-state index < -0.39 is 5.97 Å². The summed E-state index contributed by atoms with van der Waals surface area (Å²) in [5.41, 5.74) is 3.42. The molecule has 0 aliphatic heterocycles. The molecule has 4 aromatic rings. The third-order valence-electron chi connectivity index (χ3n) is 4.32. The van der Waals surface area contributed by atoms with Crippen molar-refractivity contribution in [3.8, 4) is 11.1 Å².